The highest BCUT2D eigenvalue weighted by Gasteiger charge is 2.07. The summed E-state index contributed by atoms with van der Waals surface area (Å²) in [6, 6.07) is 49.7. The van der Waals surface area contributed by atoms with E-state index in [0.29, 0.717) is 43.2 Å². The molecule has 7 aromatic carbocycles. The van der Waals surface area contributed by atoms with Crippen LogP contribution in [0.15, 0.2) is 166 Å². The van der Waals surface area contributed by atoms with Crippen LogP contribution in [0.5, 0.6) is 11.5 Å². The second kappa shape index (κ2) is 19.3. The molecular weight excluding hydrogens is 743 g/mol. The topological polar surface area (TPSA) is 185 Å². The molecule has 2 N–H and O–H groups in total. The third-order valence-corrected chi connectivity index (χ3v) is 8.36. The molecular formula is C44H26Cl2N8O2. The highest BCUT2D eigenvalue weighted by Crippen LogP contribution is 2.37. The molecule has 0 aliphatic heterocycles. The average molecular weight is 770 g/mol. The van der Waals surface area contributed by atoms with E-state index in [1.54, 1.807) is 84.9 Å². The van der Waals surface area contributed by atoms with E-state index in [9.17, 15) is 10.2 Å². The number of hydrogen-bond acceptors (Lipinski definition) is 10. The molecule has 0 aromatic heterocycles. The lowest BCUT2D eigenvalue weighted by Gasteiger charge is -2.03. The maximum Gasteiger partial charge on any atom is 0.143 e. The Balaban J connectivity index is 0.000000162. The largest absolute Gasteiger partial charge is 0.506 e. The number of nitrogens with zero attached hydrogens (tertiary/aromatic N) is 8. The Morgan fingerprint density at radius 1 is 0.411 bits per heavy atom. The number of benzene rings is 7. The minimum Gasteiger partial charge on any atom is -0.506 e. The van der Waals surface area contributed by atoms with Crippen molar-refractivity contribution in [1.29, 1.82) is 21.0 Å². The van der Waals surface area contributed by atoms with Crippen LogP contribution in [-0.2, 0) is 0 Å². The SMILES string of the molecule is N#CC(C#N)=c1ccc(=C(C#N)C#N)cc1.Oc1ccc2ccccc2c1N=Nc1ccc(Cl)cc1.Oc1ccc2ccccc2c1N=Nc1ccc(Cl)cc1. The van der Waals surface area contributed by atoms with Crippen LogP contribution in [0.25, 0.3) is 32.7 Å². The number of azo groups is 2. The third-order valence-electron chi connectivity index (χ3n) is 7.85. The number of phenols is 2. The molecule has 0 amide bonds. The average Bonchev–Trinajstić information content (AvgIpc) is 3.23. The van der Waals surface area contributed by atoms with E-state index in [-0.39, 0.29) is 22.6 Å². The van der Waals surface area contributed by atoms with E-state index < -0.39 is 0 Å². The van der Waals surface area contributed by atoms with Crippen LogP contribution in [0.3, 0.4) is 0 Å². The smallest absolute Gasteiger partial charge is 0.143 e. The molecule has 0 radical (unpaired) electrons. The molecule has 12 heteroatoms. The highest BCUT2D eigenvalue weighted by atomic mass is 35.5. The van der Waals surface area contributed by atoms with Gasteiger partial charge in [0.2, 0.25) is 0 Å². The van der Waals surface area contributed by atoms with Crippen LogP contribution < -0.4 is 10.4 Å². The molecule has 0 aliphatic rings. The highest BCUT2D eigenvalue weighted by molar-refractivity contribution is 6.30. The Labute approximate surface area is 331 Å². The molecule has 56 heavy (non-hydrogen) atoms. The maximum absolute atomic E-state index is 9.96. The van der Waals surface area contributed by atoms with Crippen LogP contribution >= 0.6 is 23.2 Å². The minimum absolute atomic E-state index is 0.00187. The Bertz CT molecular complexity index is 2650. The quantitative estimate of drug-likeness (QED) is 0.168. The lowest BCUT2D eigenvalue weighted by molar-refractivity contribution is 0.476. The Morgan fingerprint density at radius 2 is 0.750 bits per heavy atom. The number of aromatic hydroxyl groups is 2. The maximum atomic E-state index is 9.96. The summed E-state index contributed by atoms with van der Waals surface area (Å²) in [7, 11) is 0. The van der Waals surface area contributed by atoms with Gasteiger partial charge in [-0.25, -0.2) is 0 Å². The number of nitriles is 4. The molecule has 7 rings (SSSR count). The van der Waals surface area contributed by atoms with E-state index in [1.165, 1.54) is 24.3 Å². The van der Waals surface area contributed by atoms with Gasteiger partial charge in [-0.15, -0.1) is 10.2 Å². The Hall–Kier alpha value is -7.86. The number of hydrogen-bond donors (Lipinski definition) is 2. The first-order valence-electron chi connectivity index (χ1n) is 16.5. The van der Waals surface area contributed by atoms with E-state index in [4.69, 9.17) is 44.2 Å². The first-order valence-corrected chi connectivity index (χ1v) is 17.2. The van der Waals surface area contributed by atoms with Gasteiger partial charge in [0.25, 0.3) is 0 Å². The summed E-state index contributed by atoms with van der Waals surface area (Å²) >= 11 is 11.6. The lowest BCUT2D eigenvalue weighted by Crippen LogP contribution is -2.11. The molecule has 0 heterocycles. The molecule has 0 bridgehead atoms. The Kier molecular flexibility index (Phi) is 13.6. The van der Waals surface area contributed by atoms with Gasteiger partial charge in [-0.05, 0) is 71.4 Å². The molecule has 10 nitrogen and oxygen atoms in total. The van der Waals surface area contributed by atoms with Gasteiger partial charge in [-0.2, -0.15) is 31.3 Å². The summed E-state index contributed by atoms with van der Waals surface area (Å²) in [6.07, 6.45) is 0. The molecule has 0 unspecified atom stereocenters. The number of fused-ring (bicyclic) bond motifs is 2. The van der Waals surface area contributed by atoms with Crippen molar-refractivity contribution in [3.63, 3.8) is 0 Å². The summed E-state index contributed by atoms with van der Waals surface area (Å²) in [4.78, 5) is 0. The summed E-state index contributed by atoms with van der Waals surface area (Å²) in [5.74, 6) is 0.225. The molecule has 0 saturated heterocycles. The molecule has 0 aliphatic carbocycles. The lowest BCUT2D eigenvalue weighted by atomic mass is 10.1. The molecule has 0 fully saturated rings. The number of phenolic OH excluding ortho intramolecular Hbond substituents is 2. The van der Waals surface area contributed by atoms with Crippen molar-refractivity contribution in [3.8, 4) is 35.8 Å². The van der Waals surface area contributed by atoms with E-state index in [2.05, 4.69) is 20.5 Å². The molecule has 0 saturated carbocycles. The summed E-state index contributed by atoms with van der Waals surface area (Å²) < 4.78 is 0. The summed E-state index contributed by atoms with van der Waals surface area (Å²) in [6.45, 7) is 0. The summed E-state index contributed by atoms with van der Waals surface area (Å²) in [5.41, 5.74) is 2.31. The van der Waals surface area contributed by atoms with Gasteiger partial charge in [0.05, 0.1) is 11.4 Å². The normalized spacial score (nSPS) is 10.2. The van der Waals surface area contributed by atoms with Crippen molar-refractivity contribution in [2.45, 2.75) is 0 Å². The molecule has 7 aromatic rings. The van der Waals surface area contributed by atoms with Crippen molar-refractivity contribution in [2.75, 3.05) is 0 Å². The zero-order valence-corrected chi connectivity index (χ0v) is 30.6. The van der Waals surface area contributed by atoms with E-state index in [0.717, 1.165) is 21.5 Å². The fourth-order valence-electron chi connectivity index (χ4n) is 5.04. The van der Waals surface area contributed by atoms with Crippen molar-refractivity contribution >= 4 is 78.6 Å². The van der Waals surface area contributed by atoms with Crippen LogP contribution in [0.1, 0.15) is 0 Å². The molecule has 268 valence electrons. The predicted octanol–water partition coefficient (Wildman–Crippen LogP) is 11.3. The molecule has 0 atom stereocenters. The van der Waals surface area contributed by atoms with Crippen LogP contribution in [0, 0.1) is 45.3 Å². The third kappa shape index (κ3) is 10.2. The van der Waals surface area contributed by atoms with E-state index in [1.807, 2.05) is 60.7 Å². The van der Waals surface area contributed by atoms with Crippen molar-refractivity contribution in [3.05, 3.63) is 166 Å². The Morgan fingerprint density at radius 3 is 1.09 bits per heavy atom. The second-order valence-electron chi connectivity index (χ2n) is 11.4. The van der Waals surface area contributed by atoms with Crippen molar-refractivity contribution in [1.82, 2.24) is 0 Å². The summed E-state index contributed by atoms with van der Waals surface area (Å²) in [5, 5.41) is 77.0. The van der Waals surface area contributed by atoms with Crippen LogP contribution in [0.4, 0.5) is 22.7 Å². The van der Waals surface area contributed by atoms with Gasteiger partial charge in [0.15, 0.2) is 0 Å². The fourth-order valence-corrected chi connectivity index (χ4v) is 5.29. The zero-order chi connectivity index (χ0) is 39.9. The van der Waals surface area contributed by atoms with Gasteiger partial charge in [-0.3, -0.25) is 0 Å². The molecule has 0 spiro atoms. The van der Waals surface area contributed by atoms with Gasteiger partial charge in [0, 0.05) is 31.3 Å². The number of rotatable bonds is 4. The van der Waals surface area contributed by atoms with Crippen molar-refractivity contribution < 1.29 is 10.2 Å². The second-order valence-corrected chi connectivity index (χ2v) is 12.3. The van der Waals surface area contributed by atoms with Crippen LogP contribution in [-0.4, -0.2) is 10.2 Å². The van der Waals surface area contributed by atoms with Gasteiger partial charge in [0.1, 0.15) is 58.3 Å². The number of halogens is 2. The standard InChI is InChI=1S/2C16H11ClN2O.C12H4N4/c2*17-12-6-8-13(9-7-12)18-19-16-14-4-2-1-3-11(14)5-10-15(16)20;13-5-11(6-14)9-1-2-10(4-3-9)12(7-15)8-16/h2*1-10,20H;1-4H. The van der Waals surface area contributed by atoms with Crippen molar-refractivity contribution in [2.24, 2.45) is 20.5 Å². The first-order chi connectivity index (χ1) is 27.2. The van der Waals surface area contributed by atoms with Gasteiger partial charge in [-0.1, -0.05) is 108 Å². The van der Waals surface area contributed by atoms with Gasteiger partial charge < -0.3 is 10.2 Å². The minimum atomic E-state index is 0.00187. The predicted molar refractivity (Wildman–Crippen MR) is 217 cm³/mol. The monoisotopic (exact) mass is 768 g/mol. The van der Waals surface area contributed by atoms with Gasteiger partial charge >= 0.3 is 0 Å². The fraction of sp³-hybridized carbons (Fsp3) is 0. The zero-order valence-electron chi connectivity index (χ0n) is 29.1. The van der Waals surface area contributed by atoms with E-state index >= 15 is 0 Å². The first kappa shape index (κ1) is 39.3. The van der Waals surface area contributed by atoms with Crippen LogP contribution in [0.2, 0.25) is 10.0 Å².